The third-order valence-electron chi connectivity index (χ3n) is 2.46. The third kappa shape index (κ3) is 1.81. The number of rotatable bonds is 2. The van der Waals surface area contributed by atoms with Crippen molar-refractivity contribution in [2.75, 3.05) is 11.4 Å². The number of nitrogens with one attached hydrogen (secondary N) is 1. The van der Waals surface area contributed by atoms with E-state index in [1.807, 2.05) is 6.92 Å². The van der Waals surface area contributed by atoms with Gasteiger partial charge in [0.1, 0.15) is 6.04 Å². The van der Waals surface area contributed by atoms with Crippen LogP contribution >= 0.6 is 0 Å². The Labute approximate surface area is 92.4 Å². The summed E-state index contributed by atoms with van der Waals surface area (Å²) < 4.78 is 0. The molecule has 84 valence electrons. The van der Waals surface area contributed by atoms with Crippen molar-refractivity contribution >= 4 is 17.6 Å². The van der Waals surface area contributed by atoms with Crippen molar-refractivity contribution in [3.05, 3.63) is 24.0 Å². The Morgan fingerprint density at radius 2 is 2.38 bits per heavy atom. The molecule has 0 spiro atoms. The first kappa shape index (κ1) is 10.4. The highest BCUT2D eigenvalue weighted by molar-refractivity contribution is 5.99. The molecule has 1 aliphatic heterocycles. The van der Waals surface area contributed by atoms with Gasteiger partial charge in [-0.3, -0.25) is 14.7 Å². The second-order valence-corrected chi connectivity index (χ2v) is 3.67. The smallest absolute Gasteiger partial charge is 0.322 e. The van der Waals surface area contributed by atoms with Crippen molar-refractivity contribution in [2.24, 2.45) is 5.73 Å². The van der Waals surface area contributed by atoms with Gasteiger partial charge in [-0.15, -0.1) is 0 Å². The van der Waals surface area contributed by atoms with E-state index in [2.05, 4.69) is 10.3 Å². The fraction of sp³-hybridized carbons (Fsp3) is 0.300. The van der Waals surface area contributed by atoms with Gasteiger partial charge in [-0.2, -0.15) is 0 Å². The van der Waals surface area contributed by atoms with Crippen LogP contribution in [0.3, 0.4) is 0 Å². The van der Waals surface area contributed by atoms with E-state index in [1.165, 1.54) is 4.90 Å². The number of carbonyl (C=O) groups excluding carboxylic acids is 2. The molecule has 0 bridgehead atoms. The average Bonchev–Trinajstić information content (AvgIpc) is 2.62. The van der Waals surface area contributed by atoms with Gasteiger partial charge in [0.2, 0.25) is 5.91 Å². The van der Waals surface area contributed by atoms with Crippen LogP contribution in [0.2, 0.25) is 0 Å². The Morgan fingerprint density at radius 1 is 1.62 bits per heavy atom. The number of nitrogens with zero attached hydrogens (tertiary/aromatic N) is 2. The number of urea groups is 1. The molecule has 1 fully saturated rings. The summed E-state index contributed by atoms with van der Waals surface area (Å²) in [6, 6.07) is 2.63. The molecular formula is C10H12N4O2. The summed E-state index contributed by atoms with van der Waals surface area (Å²) in [4.78, 5) is 28.0. The number of pyridine rings is 1. The van der Waals surface area contributed by atoms with E-state index in [-0.39, 0.29) is 12.6 Å². The van der Waals surface area contributed by atoms with Crippen molar-refractivity contribution in [2.45, 2.75) is 13.0 Å². The fourth-order valence-electron chi connectivity index (χ4n) is 1.54. The van der Waals surface area contributed by atoms with E-state index < -0.39 is 11.9 Å². The van der Waals surface area contributed by atoms with Crippen molar-refractivity contribution in [1.29, 1.82) is 0 Å². The van der Waals surface area contributed by atoms with Crippen LogP contribution < -0.4 is 16.0 Å². The highest BCUT2D eigenvalue weighted by Crippen LogP contribution is 2.17. The van der Waals surface area contributed by atoms with Gasteiger partial charge in [0.05, 0.1) is 18.4 Å². The molecule has 6 nitrogen and oxygen atoms in total. The van der Waals surface area contributed by atoms with Crippen LogP contribution in [0.5, 0.6) is 0 Å². The third-order valence-corrected chi connectivity index (χ3v) is 2.46. The normalized spacial score (nSPS) is 19.7. The number of aromatic nitrogens is 1. The number of amides is 3. The Kier molecular flexibility index (Phi) is 2.47. The van der Waals surface area contributed by atoms with E-state index in [9.17, 15) is 9.59 Å². The first-order chi connectivity index (χ1) is 7.58. The molecule has 0 aromatic carbocycles. The lowest BCUT2D eigenvalue weighted by molar-refractivity contribution is -0.119. The van der Waals surface area contributed by atoms with E-state index in [0.29, 0.717) is 5.69 Å². The molecule has 0 aliphatic carbocycles. The largest absolute Gasteiger partial charge is 0.368 e. The zero-order chi connectivity index (χ0) is 11.7. The summed E-state index contributed by atoms with van der Waals surface area (Å²) in [6.07, 6.45) is 1.60. The number of hydrogen-bond acceptors (Lipinski definition) is 3. The molecule has 3 N–H and O–H groups in total. The summed E-state index contributed by atoms with van der Waals surface area (Å²) in [5, 5.41) is 2.50. The molecule has 1 saturated heterocycles. The minimum Gasteiger partial charge on any atom is -0.368 e. The molecule has 0 radical (unpaired) electrons. The van der Waals surface area contributed by atoms with Crippen molar-refractivity contribution < 1.29 is 9.59 Å². The minimum absolute atomic E-state index is 0.249. The molecule has 1 unspecified atom stereocenters. The van der Waals surface area contributed by atoms with Crippen LogP contribution in [0, 0.1) is 6.92 Å². The van der Waals surface area contributed by atoms with Crippen molar-refractivity contribution in [3.63, 3.8) is 0 Å². The van der Waals surface area contributed by atoms with Crippen molar-refractivity contribution in [3.8, 4) is 0 Å². The Balaban J connectivity index is 2.20. The number of nitrogens with two attached hydrogens (primary N) is 1. The maximum absolute atomic E-state index is 11.6. The molecule has 1 aromatic rings. The summed E-state index contributed by atoms with van der Waals surface area (Å²) in [5.74, 6) is -0.532. The molecule has 1 atom stereocenters. The standard InChI is InChI=1S/C10H12N4O2/c1-6-2-3-7(4-12-6)14-5-8(9(11)15)13-10(14)16/h2-4,8H,5H2,1H3,(H2,11,15)(H,13,16). The summed E-state index contributed by atoms with van der Waals surface area (Å²) in [7, 11) is 0. The van der Waals surface area contributed by atoms with Crippen LogP contribution in [0.15, 0.2) is 18.3 Å². The lowest BCUT2D eigenvalue weighted by atomic mass is 10.3. The lowest BCUT2D eigenvalue weighted by Gasteiger charge is -2.13. The van der Waals surface area contributed by atoms with Crippen LogP contribution in [0.1, 0.15) is 5.69 Å². The monoisotopic (exact) mass is 220 g/mol. The maximum Gasteiger partial charge on any atom is 0.322 e. The number of hydrogen-bond donors (Lipinski definition) is 2. The summed E-state index contributed by atoms with van der Waals surface area (Å²) >= 11 is 0. The van der Waals surface area contributed by atoms with Gasteiger partial charge in [-0.05, 0) is 19.1 Å². The van der Waals surface area contributed by atoms with Gasteiger partial charge < -0.3 is 11.1 Å². The SMILES string of the molecule is Cc1ccc(N2CC(C(N)=O)NC2=O)cn1. The highest BCUT2D eigenvalue weighted by atomic mass is 16.2. The molecule has 1 aromatic heterocycles. The fourth-order valence-corrected chi connectivity index (χ4v) is 1.54. The van der Waals surface area contributed by atoms with Gasteiger partial charge in [-0.25, -0.2) is 4.79 Å². The predicted octanol–water partition coefficient (Wildman–Crippen LogP) is -0.226. The molecule has 6 heteroatoms. The second kappa shape index (κ2) is 3.80. The predicted molar refractivity (Wildman–Crippen MR) is 57.8 cm³/mol. The highest BCUT2D eigenvalue weighted by Gasteiger charge is 2.33. The molecule has 1 aliphatic rings. The number of primary amides is 1. The molecule has 2 rings (SSSR count). The van der Waals surface area contributed by atoms with Crippen molar-refractivity contribution in [1.82, 2.24) is 10.3 Å². The van der Waals surface area contributed by atoms with E-state index >= 15 is 0 Å². The van der Waals surface area contributed by atoms with Gasteiger partial charge in [-0.1, -0.05) is 0 Å². The van der Waals surface area contributed by atoms with Crippen LogP contribution in [0.25, 0.3) is 0 Å². The first-order valence-electron chi connectivity index (χ1n) is 4.88. The van der Waals surface area contributed by atoms with Crippen LogP contribution in [-0.2, 0) is 4.79 Å². The lowest BCUT2D eigenvalue weighted by Crippen LogP contribution is -2.39. The maximum atomic E-state index is 11.6. The number of carbonyl (C=O) groups is 2. The Morgan fingerprint density at radius 3 is 2.88 bits per heavy atom. The first-order valence-corrected chi connectivity index (χ1v) is 4.88. The Hall–Kier alpha value is -2.11. The van der Waals surface area contributed by atoms with Gasteiger partial charge >= 0.3 is 6.03 Å². The van der Waals surface area contributed by atoms with Gasteiger partial charge in [0.25, 0.3) is 0 Å². The van der Waals surface area contributed by atoms with Crippen LogP contribution in [0.4, 0.5) is 10.5 Å². The number of anilines is 1. The minimum atomic E-state index is -0.631. The molecular weight excluding hydrogens is 208 g/mol. The van der Waals surface area contributed by atoms with Gasteiger partial charge in [0.15, 0.2) is 0 Å². The number of aryl methyl sites for hydroxylation is 1. The molecule has 16 heavy (non-hydrogen) atoms. The zero-order valence-electron chi connectivity index (χ0n) is 8.80. The quantitative estimate of drug-likeness (QED) is 0.721. The zero-order valence-corrected chi connectivity index (χ0v) is 8.80. The van der Waals surface area contributed by atoms with E-state index in [4.69, 9.17) is 5.73 Å². The average molecular weight is 220 g/mol. The molecule has 2 heterocycles. The summed E-state index contributed by atoms with van der Waals surface area (Å²) in [5.41, 5.74) is 6.66. The Bertz CT molecular complexity index is 429. The van der Waals surface area contributed by atoms with Crippen LogP contribution in [-0.4, -0.2) is 29.5 Å². The summed E-state index contributed by atoms with van der Waals surface area (Å²) in [6.45, 7) is 2.11. The second-order valence-electron chi connectivity index (χ2n) is 3.67. The van der Waals surface area contributed by atoms with E-state index in [1.54, 1.807) is 18.3 Å². The molecule has 0 saturated carbocycles. The molecule has 3 amide bonds. The van der Waals surface area contributed by atoms with E-state index in [0.717, 1.165) is 5.69 Å². The van der Waals surface area contributed by atoms with Gasteiger partial charge in [0, 0.05) is 5.69 Å². The topological polar surface area (TPSA) is 88.3 Å².